The lowest BCUT2D eigenvalue weighted by molar-refractivity contribution is -0.142. The van der Waals surface area contributed by atoms with Gasteiger partial charge in [0.15, 0.2) is 0 Å². The predicted octanol–water partition coefficient (Wildman–Crippen LogP) is -2.87. The molecule has 0 radical (unpaired) electrons. The number of carbonyl (C=O) groups is 5. The Bertz CT molecular complexity index is 544. The summed E-state index contributed by atoms with van der Waals surface area (Å²) in [5.41, 5.74) is 10.3. The van der Waals surface area contributed by atoms with Crippen molar-refractivity contribution in [2.75, 3.05) is 18.6 Å². The second-order valence-corrected chi connectivity index (χ2v) is 6.39. The third kappa shape index (κ3) is 9.22. The Morgan fingerprint density at radius 3 is 2.08 bits per heavy atom. The van der Waals surface area contributed by atoms with Gasteiger partial charge in [-0.15, -0.1) is 0 Å². The number of aliphatic carboxylic acids is 1. The number of hydrogen-bond donors (Lipinski definition) is 6. The number of primary amides is 1. The van der Waals surface area contributed by atoms with Crippen LogP contribution in [0.15, 0.2) is 0 Å². The molecule has 0 aromatic carbocycles. The van der Waals surface area contributed by atoms with Crippen molar-refractivity contribution in [3.63, 3.8) is 0 Å². The number of hydrogen-bond acceptors (Lipinski definition) is 7. The number of amides is 4. The molecule has 0 aliphatic rings. The van der Waals surface area contributed by atoms with Gasteiger partial charge in [0.25, 0.3) is 0 Å². The zero-order valence-corrected chi connectivity index (χ0v) is 15.4. The maximum absolute atomic E-state index is 12.4. The first-order valence-electron chi connectivity index (χ1n) is 7.72. The normalized spacial score (nSPS) is 13.8. The molecule has 8 N–H and O–H groups in total. The van der Waals surface area contributed by atoms with E-state index < -0.39 is 54.1 Å². The lowest BCUT2D eigenvalue weighted by Crippen LogP contribution is -2.56. The molecule has 0 aromatic rings. The van der Waals surface area contributed by atoms with Crippen LogP contribution in [0.25, 0.3) is 0 Å². The van der Waals surface area contributed by atoms with E-state index in [0.717, 1.165) is 0 Å². The molecular formula is C14H25N5O6S. The first kappa shape index (κ1) is 23.7. The Labute approximate surface area is 155 Å². The van der Waals surface area contributed by atoms with Gasteiger partial charge in [-0.2, -0.15) is 11.8 Å². The molecule has 4 amide bonds. The molecule has 0 aromatic heterocycles. The van der Waals surface area contributed by atoms with Crippen LogP contribution in [-0.2, 0) is 24.0 Å². The van der Waals surface area contributed by atoms with Gasteiger partial charge in [-0.1, -0.05) is 0 Å². The maximum Gasteiger partial charge on any atom is 0.325 e. The van der Waals surface area contributed by atoms with Crippen molar-refractivity contribution < 1.29 is 29.1 Å². The van der Waals surface area contributed by atoms with Gasteiger partial charge in [0, 0.05) is 0 Å². The smallest absolute Gasteiger partial charge is 0.325 e. The minimum Gasteiger partial charge on any atom is -0.480 e. The number of thioether (sulfide) groups is 1. The van der Waals surface area contributed by atoms with Crippen LogP contribution in [0.5, 0.6) is 0 Å². The molecule has 3 unspecified atom stereocenters. The van der Waals surface area contributed by atoms with Crippen molar-refractivity contribution in [1.82, 2.24) is 16.0 Å². The van der Waals surface area contributed by atoms with E-state index in [1.54, 1.807) is 0 Å². The summed E-state index contributed by atoms with van der Waals surface area (Å²) < 4.78 is 0. The number of carbonyl (C=O) groups excluding carboxylic acids is 4. The monoisotopic (exact) mass is 391 g/mol. The highest BCUT2D eigenvalue weighted by Gasteiger charge is 2.29. The summed E-state index contributed by atoms with van der Waals surface area (Å²) >= 11 is 1.45. The highest BCUT2D eigenvalue weighted by Crippen LogP contribution is 2.03. The van der Waals surface area contributed by atoms with Gasteiger partial charge in [0.1, 0.15) is 18.1 Å². The number of nitrogens with two attached hydrogens (primary N) is 2. The summed E-state index contributed by atoms with van der Waals surface area (Å²) in [5, 5.41) is 15.7. The Morgan fingerprint density at radius 1 is 1.04 bits per heavy atom. The summed E-state index contributed by atoms with van der Waals surface area (Å²) in [6, 6.07) is -3.55. The van der Waals surface area contributed by atoms with Gasteiger partial charge < -0.3 is 32.5 Å². The van der Waals surface area contributed by atoms with Crippen molar-refractivity contribution in [2.24, 2.45) is 11.5 Å². The van der Waals surface area contributed by atoms with E-state index in [2.05, 4.69) is 16.0 Å². The number of nitrogens with one attached hydrogen (secondary N) is 3. The lowest BCUT2D eigenvalue weighted by atomic mass is 10.1. The summed E-state index contributed by atoms with van der Waals surface area (Å²) in [4.78, 5) is 58.0. The zero-order chi connectivity index (χ0) is 20.3. The van der Waals surface area contributed by atoms with E-state index in [4.69, 9.17) is 16.6 Å². The average Bonchev–Trinajstić information content (AvgIpc) is 2.56. The average molecular weight is 391 g/mol. The number of rotatable bonds is 12. The molecule has 148 valence electrons. The summed E-state index contributed by atoms with van der Waals surface area (Å²) in [6.07, 6.45) is 1.57. The van der Waals surface area contributed by atoms with Crippen LogP contribution in [-0.4, -0.2) is 71.4 Å². The molecule has 0 saturated carbocycles. The van der Waals surface area contributed by atoms with E-state index >= 15 is 0 Å². The van der Waals surface area contributed by atoms with Gasteiger partial charge in [0.05, 0.1) is 13.0 Å². The fraction of sp³-hybridized carbons (Fsp3) is 0.643. The summed E-state index contributed by atoms with van der Waals surface area (Å²) in [7, 11) is 0. The van der Waals surface area contributed by atoms with Gasteiger partial charge >= 0.3 is 5.97 Å². The minimum absolute atomic E-state index is 0.273. The van der Waals surface area contributed by atoms with Gasteiger partial charge in [-0.05, 0) is 25.4 Å². The molecule has 0 heterocycles. The Balaban J connectivity index is 5.15. The molecule has 0 fully saturated rings. The number of carboxylic acid groups (broad SMARTS) is 1. The van der Waals surface area contributed by atoms with Crippen LogP contribution in [0.4, 0.5) is 0 Å². The molecule has 0 aliphatic heterocycles. The van der Waals surface area contributed by atoms with Crippen molar-refractivity contribution >= 4 is 41.4 Å². The van der Waals surface area contributed by atoms with Gasteiger partial charge in [-0.3, -0.25) is 24.0 Å². The van der Waals surface area contributed by atoms with E-state index in [1.165, 1.54) is 18.7 Å². The third-order valence-electron chi connectivity index (χ3n) is 3.22. The van der Waals surface area contributed by atoms with Crippen molar-refractivity contribution in [3.05, 3.63) is 0 Å². The summed E-state index contributed by atoms with van der Waals surface area (Å²) in [6.45, 7) is 0.913. The standard InChI is InChI=1S/C14H25N5O6S/c1-7(14(24)25)17-13(23)9(5-10(16)20)19-12(22)8(3-4-26-2)18-11(21)6-15/h7-9H,3-6,15H2,1-2H3,(H2,16,20)(H,17,23)(H,18,21)(H,19,22)(H,24,25). The highest BCUT2D eigenvalue weighted by molar-refractivity contribution is 7.98. The molecule has 0 spiro atoms. The largest absolute Gasteiger partial charge is 0.480 e. The first-order valence-corrected chi connectivity index (χ1v) is 9.11. The van der Waals surface area contributed by atoms with Gasteiger partial charge in [-0.25, -0.2) is 0 Å². The SMILES string of the molecule is CSCCC(NC(=O)CN)C(=O)NC(CC(N)=O)C(=O)NC(C)C(=O)O. The molecule has 0 aliphatic carbocycles. The van der Waals surface area contributed by atoms with Crippen molar-refractivity contribution in [2.45, 2.75) is 37.9 Å². The molecule has 0 bridgehead atoms. The van der Waals surface area contributed by atoms with Crippen LogP contribution in [0.3, 0.4) is 0 Å². The minimum atomic E-state index is -1.37. The fourth-order valence-corrected chi connectivity index (χ4v) is 2.29. The molecule has 12 heteroatoms. The van der Waals surface area contributed by atoms with Crippen LogP contribution >= 0.6 is 11.8 Å². The van der Waals surface area contributed by atoms with Crippen LogP contribution in [0.1, 0.15) is 19.8 Å². The Hall–Kier alpha value is -2.34. The molecule has 0 saturated heterocycles. The third-order valence-corrected chi connectivity index (χ3v) is 3.86. The topological polar surface area (TPSA) is 194 Å². The quantitative estimate of drug-likeness (QED) is 0.204. The van der Waals surface area contributed by atoms with Crippen LogP contribution < -0.4 is 27.4 Å². The second-order valence-electron chi connectivity index (χ2n) is 5.41. The molecule has 11 nitrogen and oxygen atoms in total. The lowest BCUT2D eigenvalue weighted by Gasteiger charge is -2.23. The van der Waals surface area contributed by atoms with Crippen molar-refractivity contribution in [1.29, 1.82) is 0 Å². The van der Waals surface area contributed by atoms with E-state index in [-0.39, 0.29) is 13.0 Å². The van der Waals surface area contributed by atoms with E-state index in [0.29, 0.717) is 5.75 Å². The fourth-order valence-electron chi connectivity index (χ4n) is 1.82. The number of carboxylic acids is 1. The van der Waals surface area contributed by atoms with Crippen LogP contribution in [0, 0.1) is 0 Å². The van der Waals surface area contributed by atoms with Gasteiger partial charge in [0.2, 0.25) is 23.6 Å². The Kier molecular flexibility index (Phi) is 11.0. The molecule has 0 rings (SSSR count). The Morgan fingerprint density at radius 2 is 1.62 bits per heavy atom. The zero-order valence-electron chi connectivity index (χ0n) is 14.6. The maximum atomic E-state index is 12.4. The molecular weight excluding hydrogens is 366 g/mol. The highest BCUT2D eigenvalue weighted by atomic mass is 32.2. The predicted molar refractivity (Wildman–Crippen MR) is 95.0 cm³/mol. The van der Waals surface area contributed by atoms with E-state index in [9.17, 15) is 24.0 Å². The summed E-state index contributed by atoms with van der Waals surface area (Å²) in [5.74, 6) is -3.73. The van der Waals surface area contributed by atoms with Crippen molar-refractivity contribution in [3.8, 4) is 0 Å². The second kappa shape index (κ2) is 12.1. The molecule has 26 heavy (non-hydrogen) atoms. The first-order chi connectivity index (χ1) is 12.1. The van der Waals surface area contributed by atoms with Crippen LogP contribution in [0.2, 0.25) is 0 Å². The molecule has 3 atom stereocenters. The van der Waals surface area contributed by atoms with E-state index in [1.807, 2.05) is 6.26 Å².